The number of nitriles is 1. The molecule has 0 unspecified atom stereocenters. The molecule has 1 aromatic rings. The Morgan fingerprint density at radius 3 is 2.68 bits per heavy atom. The first-order valence-corrected chi connectivity index (χ1v) is 7.52. The Bertz CT molecular complexity index is 511. The zero-order chi connectivity index (χ0) is 16.4. The summed E-state index contributed by atoms with van der Waals surface area (Å²) in [5.74, 6) is 0.954. The van der Waals surface area contributed by atoms with Gasteiger partial charge in [-0.3, -0.25) is 9.69 Å². The van der Waals surface area contributed by atoms with E-state index in [1.54, 1.807) is 11.9 Å². The number of carbonyl (C=O) groups is 1. The Morgan fingerprint density at radius 1 is 1.27 bits per heavy atom. The molecular weight excluding hydrogens is 278 g/mol. The number of benzene rings is 1. The second kappa shape index (κ2) is 9.80. The van der Waals surface area contributed by atoms with Gasteiger partial charge < -0.3 is 9.64 Å². The zero-order valence-corrected chi connectivity index (χ0v) is 13.7. The predicted octanol–water partition coefficient (Wildman–Crippen LogP) is 2.07. The van der Waals surface area contributed by atoms with Crippen molar-refractivity contribution in [3.63, 3.8) is 0 Å². The van der Waals surface area contributed by atoms with Crippen molar-refractivity contribution in [2.45, 2.75) is 19.8 Å². The minimum atomic E-state index is 0.0394. The number of para-hydroxylation sites is 1. The van der Waals surface area contributed by atoms with Gasteiger partial charge in [-0.15, -0.1) is 0 Å². The van der Waals surface area contributed by atoms with Crippen molar-refractivity contribution in [1.82, 2.24) is 9.80 Å². The van der Waals surface area contributed by atoms with E-state index in [4.69, 9.17) is 10.00 Å². The number of likely N-dealkylation sites (N-methyl/N-ethyl adjacent to an activating group) is 2. The second-order valence-corrected chi connectivity index (χ2v) is 5.43. The SMILES string of the molecule is Cc1ccccc1OCCCN(C)CC(=O)N(C)CCC#N. The molecule has 0 saturated carbocycles. The van der Waals surface area contributed by atoms with E-state index in [2.05, 4.69) is 0 Å². The van der Waals surface area contributed by atoms with Gasteiger partial charge in [0.1, 0.15) is 5.75 Å². The molecule has 0 aliphatic heterocycles. The van der Waals surface area contributed by atoms with Gasteiger partial charge >= 0.3 is 0 Å². The Kier molecular flexibility index (Phi) is 8.01. The van der Waals surface area contributed by atoms with Crippen LogP contribution in [0, 0.1) is 18.3 Å². The number of carbonyl (C=O) groups excluding carboxylic acids is 1. The topological polar surface area (TPSA) is 56.6 Å². The molecule has 1 amide bonds. The van der Waals surface area contributed by atoms with Gasteiger partial charge in [-0.1, -0.05) is 18.2 Å². The van der Waals surface area contributed by atoms with Crippen molar-refractivity contribution in [2.24, 2.45) is 0 Å². The van der Waals surface area contributed by atoms with Crippen molar-refractivity contribution in [3.8, 4) is 11.8 Å². The van der Waals surface area contributed by atoms with Crippen LogP contribution in [0.2, 0.25) is 0 Å². The van der Waals surface area contributed by atoms with E-state index in [0.717, 1.165) is 24.3 Å². The molecule has 0 fully saturated rings. The van der Waals surface area contributed by atoms with Crippen LogP contribution in [0.4, 0.5) is 0 Å². The monoisotopic (exact) mass is 303 g/mol. The molecule has 0 radical (unpaired) electrons. The predicted molar refractivity (Wildman–Crippen MR) is 86.7 cm³/mol. The van der Waals surface area contributed by atoms with Crippen molar-refractivity contribution in [1.29, 1.82) is 5.26 Å². The van der Waals surface area contributed by atoms with Gasteiger partial charge in [0.25, 0.3) is 0 Å². The number of aryl methyl sites for hydroxylation is 1. The highest BCUT2D eigenvalue weighted by Gasteiger charge is 2.11. The van der Waals surface area contributed by atoms with Gasteiger partial charge in [-0.25, -0.2) is 0 Å². The quantitative estimate of drug-likeness (QED) is 0.655. The lowest BCUT2D eigenvalue weighted by atomic mass is 10.2. The third kappa shape index (κ3) is 6.59. The molecule has 1 rings (SSSR count). The minimum Gasteiger partial charge on any atom is -0.493 e. The summed E-state index contributed by atoms with van der Waals surface area (Å²) in [5, 5.41) is 8.52. The molecule has 1 aromatic carbocycles. The summed E-state index contributed by atoms with van der Waals surface area (Å²) in [6, 6.07) is 9.99. The molecule has 0 atom stereocenters. The van der Waals surface area contributed by atoms with Crippen molar-refractivity contribution in [3.05, 3.63) is 29.8 Å². The summed E-state index contributed by atoms with van der Waals surface area (Å²) >= 11 is 0. The molecule has 5 nitrogen and oxygen atoms in total. The third-order valence-electron chi connectivity index (χ3n) is 3.43. The Labute approximate surface area is 133 Å². The molecule has 0 aromatic heterocycles. The van der Waals surface area contributed by atoms with Crippen LogP contribution in [0.3, 0.4) is 0 Å². The minimum absolute atomic E-state index is 0.0394. The van der Waals surface area contributed by atoms with E-state index in [0.29, 0.717) is 26.1 Å². The summed E-state index contributed by atoms with van der Waals surface area (Å²) in [7, 11) is 3.65. The average molecular weight is 303 g/mol. The second-order valence-electron chi connectivity index (χ2n) is 5.43. The highest BCUT2D eigenvalue weighted by Crippen LogP contribution is 2.16. The normalized spacial score (nSPS) is 10.3. The van der Waals surface area contributed by atoms with Gasteiger partial charge in [0.05, 0.1) is 25.6 Å². The number of rotatable bonds is 9. The number of hydrogen-bond donors (Lipinski definition) is 0. The van der Waals surface area contributed by atoms with Gasteiger partial charge in [-0.05, 0) is 32.0 Å². The van der Waals surface area contributed by atoms with Gasteiger partial charge in [0.2, 0.25) is 5.91 Å². The van der Waals surface area contributed by atoms with E-state index in [-0.39, 0.29) is 5.91 Å². The van der Waals surface area contributed by atoms with Crippen LogP contribution in [0.25, 0.3) is 0 Å². The molecule has 0 aliphatic rings. The maximum Gasteiger partial charge on any atom is 0.236 e. The summed E-state index contributed by atoms with van der Waals surface area (Å²) in [6.45, 7) is 4.31. The van der Waals surface area contributed by atoms with E-state index < -0.39 is 0 Å². The fourth-order valence-electron chi connectivity index (χ4n) is 2.01. The highest BCUT2D eigenvalue weighted by molar-refractivity contribution is 5.77. The number of hydrogen-bond acceptors (Lipinski definition) is 4. The number of nitrogens with zero attached hydrogens (tertiary/aromatic N) is 3. The molecule has 0 spiro atoms. The lowest BCUT2D eigenvalue weighted by molar-refractivity contribution is -0.130. The average Bonchev–Trinajstić information content (AvgIpc) is 2.50. The lowest BCUT2D eigenvalue weighted by Crippen LogP contribution is -2.37. The van der Waals surface area contributed by atoms with Gasteiger partial charge in [-0.2, -0.15) is 5.26 Å². The Morgan fingerprint density at radius 2 is 2.00 bits per heavy atom. The Balaban J connectivity index is 2.21. The standard InChI is InChI=1S/C17H25N3O2/c1-15-8-4-5-9-16(15)22-13-7-11-19(2)14-17(21)20(3)12-6-10-18/h4-5,8-9H,6-7,11-14H2,1-3H3. The van der Waals surface area contributed by atoms with E-state index in [9.17, 15) is 4.79 Å². The molecular formula is C17H25N3O2. The molecule has 120 valence electrons. The van der Waals surface area contributed by atoms with Crippen LogP contribution in [0.15, 0.2) is 24.3 Å². The third-order valence-corrected chi connectivity index (χ3v) is 3.43. The first-order valence-electron chi connectivity index (χ1n) is 7.52. The summed E-state index contributed by atoms with van der Waals surface area (Å²) in [4.78, 5) is 15.5. The Hall–Kier alpha value is -2.06. The fraction of sp³-hybridized carbons (Fsp3) is 0.529. The molecule has 0 bridgehead atoms. The summed E-state index contributed by atoms with van der Waals surface area (Å²) < 4.78 is 5.73. The van der Waals surface area contributed by atoms with Crippen LogP contribution >= 0.6 is 0 Å². The number of ether oxygens (including phenoxy) is 1. The fourth-order valence-corrected chi connectivity index (χ4v) is 2.01. The molecule has 0 aliphatic carbocycles. The molecule has 22 heavy (non-hydrogen) atoms. The maximum absolute atomic E-state index is 11.9. The smallest absolute Gasteiger partial charge is 0.236 e. The van der Waals surface area contributed by atoms with E-state index >= 15 is 0 Å². The van der Waals surface area contributed by atoms with Crippen LogP contribution in [-0.2, 0) is 4.79 Å². The van der Waals surface area contributed by atoms with Gasteiger partial charge in [0.15, 0.2) is 0 Å². The molecule has 5 heteroatoms. The number of amides is 1. The van der Waals surface area contributed by atoms with Crippen LogP contribution in [0.1, 0.15) is 18.4 Å². The van der Waals surface area contributed by atoms with E-state index in [1.807, 2.05) is 49.2 Å². The highest BCUT2D eigenvalue weighted by atomic mass is 16.5. The molecule has 0 N–H and O–H groups in total. The lowest BCUT2D eigenvalue weighted by Gasteiger charge is -2.21. The van der Waals surface area contributed by atoms with Crippen LogP contribution in [0.5, 0.6) is 5.75 Å². The van der Waals surface area contributed by atoms with Crippen molar-refractivity contribution in [2.75, 3.05) is 40.3 Å². The van der Waals surface area contributed by atoms with Gasteiger partial charge in [0, 0.05) is 20.1 Å². The first-order chi connectivity index (χ1) is 10.5. The van der Waals surface area contributed by atoms with Crippen LogP contribution < -0.4 is 4.74 Å². The van der Waals surface area contributed by atoms with Crippen molar-refractivity contribution >= 4 is 5.91 Å². The maximum atomic E-state index is 11.9. The molecule has 0 heterocycles. The summed E-state index contributed by atoms with van der Waals surface area (Å²) in [5.41, 5.74) is 1.13. The largest absolute Gasteiger partial charge is 0.493 e. The summed E-state index contributed by atoms with van der Waals surface area (Å²) in [6.07, 6.45) is 1.23. The first kappa shape index (κ1) is 18.0. The van der Waals surface area contributed by atoms with E-state index in [1.165, 1.54) is 0 Å². The van der Waals surface area contributed by atoms with Crippen molar-refractivity contribution < 1.29 is 9.53 Å². The zero-order valence-electron chi connectivity index (χ0n) is 13.7. The van der Waals surface area contributed by atoms with Crippen LogP contribution in [-0.4, -0.2) is 56.0 Å². The molecule has 0 saturated heterocycles.